The summed E-state index contributed by atoms with van der Waals surface area (Å²) in [6.07, 6.45) is 12.6. The largest absolute Gasteiger partial charge is 0.299 e. The van der Waals surface area contributed by atoms with Gasteiger partial charge in [0.25, 0.3) is 0 Å². The molecule has 0 radical (unpaired) electrons. The number of rotatable bonds is 5. The predicted octanol–water partition coefficient (Wildman–Crippen LogP) is 5.33. The monoisotopic (exact) mass is 286 g/mol. The average molecular weight is 286 g/mol. The second kappa shape index (κ2) is 7.81. The van der Waals surface area contributed by atoms with Crippen molar-refractivity contribution in [2.45, 2.75) is 34.6 Å². The molecule has 0 aliphatic rings. The van der Waals surface area contributed by atoms with E-state index in [9.17, 15) is 4.79 Å². The first kappa shape index (κ1) is 16.4. The minimum absolute atomic E-state index is 0.806. The summed E-state index contributed by atoms with van der Waals surface area (Å²) in [7, 11) is 0. The normalized spacial score (nSPS) is 13.7. The van der Waals surface area contributed by atoms with Crippen LogP contribution in [0, 0.1) is 20.8 Å². The Bertz CT molecular complexity index is 595. The SMILES string of the molecule is CC(C=CC=C(C)C=Cc1c(C)sc(C)c1C)=CC=O. The smallest absolute Gasteiger partial charge is 0.143 e. The number of aryl methyl sites for hydroxylation is 2. The van der Waals surface area contributed by atoms with Gasteiger partial charge in [-0.3, -0.25) is 4.79 Å². The molecule has 2 heteroatoms. The minimum atomic E-state index is 0.806. The lowest BCUT2D eigenvalue weighted by Gasteiger charge is -1.95. The fourth-order valence-corrected chi connectivity index (χ4v) is 2.90. The molecule has 1 aromatic heterocycles. The van der Waals surface area contributed by atoms with E-state index in [1.807, 2.05) is 36.5 Å². The van der Waals surface area contributed by atoms with Crippen LogP contribution in [0.1, 0.15) is 34.7 Å². The molecule has 0 aliphatic carbocycles. The van der Waals surface area contributed by atoms with Crippen LogP contribution in [0.3, 0.4) is 0 Å². The first-order valence-electron chi connectivity index (χ1n) is 6.67. The summed E-state index contributed by atoms with van der Waals surface area (Å²) in [5.41, 5.74) is 4.84. The molecule has 1 heterocycles. The van der Waals surface area contributed by atoms with Gasteiger partial charge in [-0.15, -0.1) is 11.3 Å². The van der Waals surface area contributed by atoms with Crippen LogP contribution in [-0.4, -0.2) is 6.29 Å². The number of hydrogen-bond acceptors (Lipinski definition) is 2. The van der Waals surface area contributed by atoms with Gasteiger partial charge in [0, 0.05) is 9.75 Å². The van der Waals surface area contributed by atoms with Gasteiger partial charge in [-0.05, 0) is 57.4 Å². The van der Waals surface area contributed by atoms with E-state index in [2.05, 4.69) is 39.8 Å². The van der Waals surface area contributed by atoms with Gasteiger partial charge in [-0.2, -0.15) is 0 Å². The molecule has 0 bridgehead atoms. The van der Waals surface area contributed by atoms with Gasteiger partial charge in [0.05, 0.1) is 0 Å². The molecular weight excluding hydrogens is 264 g/mol. The lowest BCUT2D eigenvalue weighted by molar-refractivity contribution is -0.104. The molecule has 106 valence electrons. The van der Waals surface area contributed by atoms with Crippen molar-refractivity contribution in [2.24, 2.45) is 0 Å². The van der Waals surface area contributed by atoms with E-state index in [-0.39, 0.29) is 0 Å². The van der Waals surface area contributed by atoms with E-state index >= 15 is 0 Å². The van der Waals surface area contributed by atoms with Crippen molar-refractivity contribution in [3.63, 3.8) is 0 Å². The first-order valence-corrected chi connectivity index (χ1v) is 7.49. The maximum absolute atomic E-state index is 10.3. The minimum Gasteiger partial charge on any atom is -0.299 e. The molecule has 0 saturated carbocycles. The lowest BCUT2D eigenvalue weighted by Crippen LogP contribution is -1.77. The third-order valence-corrected chi connectivity index (χ3v) is 4.32. The molecule has 20 heavy (non-hydrogen) atoms. The molecule has 1 rings (SSSR count). The number of carbonyl (C=O) groups excluding carboxylic acids is 1. The summed E-state index contributed by atoms with van der Waals surface area (Å²) in [4.78, 5) is 13.1. The Morgan fingerprint density at radius 2 is 1.60 bits per heavy atom. The number of carbonyl (C=O) groups is 1. The first-order chi connectivity index (χ1) is 9.45. The topological polar surface area (TPSA) is 17.1 Å². The Hall–Kier alpha value is -1.67. The van der Waals surface area contributed by atoms with Gasteiger partial charge in [-0.25, -0.2) is 0 Å². The lowest BCUT2D eigenvalue weighted by atomic mass is 10.1. The molecule has 1 nitrogen and oxygen atoms in total. The highest BCUT2D eigenvalue weighted by Crippen LogP contribution is 2.27. The fraction of sp³-hybridized carbons (Fsp3) is 0.278. The second-order valence-corrected chi connectivity index (χ2v) is 6.33. The van der Waals surface area contributed by atoms with E-state index in [0.717, 1.165) is 11.9 Å². The van der Waals surface area contributed by atoms with Gasteiger partial charge in [0.1, 0.15) is 6.29 Å². The highest BCUT2D eigenvalue weighted by molar-refractivity contribution is 7.12. The van der Waals surface area contributed by atoms with Gasteiger partial charge >= 0.3 is 0 Å². The summed E-state index contributed by atoms with van der Waals surface area (Å²) in [6, 6.07) is 0. The summed E-state index contributed by atoms with van der Waals surface area (Å²) in [5.74, 6) is 0. The van der Waals surface area contributed by atoms with E-state index in [1.54, 1.807) is 6.08 Å². The highest BCUT2D eigenvalue weighted by atomic mass is 32.1. The molecule has 1 aromatic rings. The van der Waals surface area contributed by atoms with Gasteiger partial charge in [0.2, 0.25) is 0 Å². The van der Waals surface area contributed by atoms with Crippen LogP contribution in [0.4, 0.5) is 0 Å². The van der Waals surface area contributed by atoms with Crippen molar-refractivity contribution in [2.75, 3.05) is 0 Å². The van der Waals surface area contributed by atoms with Crippen molar-refractivity contribution in [3.8, 4) is 0 Å². The van der Waals surface area contributed by atoms with Gasteiger partial charge in [0.15, 0.2) is 0 Å². The van der Waals surface area contributed by atoms with Gasteiger partial charge in [-0.1, -0.05) is 36.0 Å². The van der Waals surface area contributed by atoms with Crippen molar-refractivity contribution < 1.29 is 4.79 Å². The molecule has 0 fully saturated rings. The molecule has 0 saturated heterocycles. The fourth-order valence-electron chi connectivity index (χ4n) is 1.84. The summed E-state index contributed by atoms with van der Waals surface area (Å²) < 4.78 is 0. The Morgan fingerprint density at radius 1 is 0.950 bits per heavy atom. The molecule has 0 atom stereocenters. The number of aldehydes is 1. The summed E-state index contributed by atoms with van der Waals surface area (Å²) in [6.45, 7) is 10.5. The van der Waals surface area contributed by atoms with E-state index in [0.29, 0.717) is 0 Å². The Morgan fingerprint density at radius 3 is 2.15 bits per heavy atom. The molecule has 0 unspecified atom stereocenters. The number of allylic oxidation sites excluding steroid dienone is 7. The van der Waals surface area contributed by atoms with Crippen LogP contribution in [-0.2, 0) is 4.79 Å². The standard InChI is InChI=1S/C18H22OS/c1-13(7-6-8-14(2)11-12-19)9-10-18-15(3)16(4)20-17(18)5/h6-12H,1-5H3. The third kappa shape index (κ3) is 4.78. The second-order valence-electron chi connectivity index (χ2n) is 4.90. The Balaban J connectivity index is 2.79. The molecule has 0 aromatic carbocycles. The molecule has 0 spiro atoms. The van der Waals surface area contributed by atoms with E-state index < -0.39 is 0 Å². The Kier molecular flexibility index (Phi) is 6.40. The van der Waals surface area contributed by atoms with Crippen molar-refractivity contribution >= 4 is 23.7 Å². The van der Waals surface area contributed by atoms with Crippen molar-refractivity contribution in [3.05, 3.63) is 62.4 Å². The van der Waals surface area contributed by atoms with Crippen molar-refractivity contribution in [1.29, 1.82) is 0 Å². The van der Waals surface area contributed by atoms with Crippen molar-refractivity contribution in [1.82, 2.24) is 0 Å². The molecule has 0 N–H and O–H groups in total. The predicted molar refractivity (Wildman–Crippen MR) is 90.3 cm³/mol. The maximum atomic E-state index is 10.3. The summed E-state index contributed by atoms with van der Waals surface area (Å²) >= 11 is 1.85. The molecule has 0 aliphatic heterocycles. The Labute approximate surface area is 126 Å². The van der Waals surface area contributed by atoms with E-state index in [1.165, 1.54) is 26.5 Å². The zero-order valence-electron chi connectivity index (χ0n) is 12.9. The number of hydrogen-bond donors (Lipinski definition) is 0. The van der Waals surface area contributed by atoms with Crippen LogP contribution < -0.4 is 0 Å². The summed E-state index contributed by atoms with van der Waals surface area (Å²) in [5, 5.41) is 0. The maximum Gasteiger partial charge on any atom is 0.143 e. The van der Waals surface area contributed by atoms with Crippen LogP contribution in [0.5, 0.6) is 0 Å². The van der Waals surface area contributed by atoms with Gasteiger partial charge < -0.3 is 0 Å². The average Bonchev–Trinajstić information content (AvgIpc) is 2.61. The van der Waals surface area contributed by atoms with Crippen LogP contribution in [0.2, 0.25) is 0 Å². The molecule has 0 amide bonds. The third-order valence-electron chi connectivity index (χ3n) is 3.18. The highest BCUT2D eigenvalue weighted by Gasteiger charge is 2.05. The van der Waals surface area contributed by atoms with Crippen LogP contribution in [0.15, 0.2) is 41.5 Å². The van der Waals surface area contributed by atoms with E-state index in [4.69, 9.17) is 0 Å². The van der Waals surface area contributed by atoms with Crippen LogP contribution in [0.25, 0.3) is 6.08 Å². The number of thiophene rings is 1. The van der Waals surface area contributed by atoms with Crippen LogP contribution >= 0.6 is 11.3 Å². The zero-order chi connectivity index (χ0) is 15.1. The quantitative estimate of drug-likeness (QED) is 0.406. The molecular formula is C18H22OS. The zero-order valence-corrected chi connectivity index (χ0v) is 13.7.